The van der Waals surface area contributed by atoms with E-state index >= 15 is 0 Å². The zero-order valence-electron chi connectivity index (χ0n) is 13.0. The Labute approximate surface area is 127 Å². The van der Waals surface area contributed by atoms with Gasteiger partial charge in [0.25, 0.3) is 0 Å². The summed E-state index contributed by atoms with van der Waals surface area (Å²) in [5.74, 6) is 1.53. The Bertz CT molecular complexity index is 454. The third-order valence-electron chi connectivity index (χ3n) is 4.15. The van der Waals surface area contributed by atoms with Gasteiger partial charge < -0.3 is 15.4 Å². The first-order valence-corrected chi connectivity index (χ1v) is 7.80. The van der Waals surface area contributed by atoms with Crippen LogP contribution in [0.4, 0.5) is 11.4 Å². The number of anilines is 2. The normalized spacial score (nSPS) is 21.8. The third kappa shape index (κ3) is 5.38. The molecule has 1 fully saturated rings. The zero-order chi connectivity index (χ0) is 15.1. The molecule has 2 N–H and O–H groups in total. The van der Waals surface area contributed by atoms with Crippen molar-refractivity contribution >= 4 is 17.3 Å². The van der Waals surface area contributed by atoms with Crippen LogP contribution in [-0.2, 0) is 9.53 Å². The fourth-order valence-corrected chi connectivity index (χ4v) is 2.83. The molecular formula is C17H26N2O2. The topological polar surface area (TPSA) is 50.4 Å². The van der Waals surface area contributed by atoms with Gasteiger partial charge in [0, 0.05) is 25.0 Å². The number of carbonyl (C=O) groups is 1. The summed E-state index contributed by atoms with van der Waals surface area (Å²) in [5.41, 5.74) is 1.86. The second-order valence-corrected chi connectivity index (χ2v) is 6.07. The molecule has 0 aromatic heterocycles. The van der Waals surface area contributed by atoms with Gasteiger partial charge in [0.15, 0.2) is 0 Å². The highest BCUT2D eigenvalue weighted by Gasteiger charge is 2.17. The SMILES string of the molecule is COCC(=O)Nc1cccc(NCC2CCC(C)CC2)c1. The molecule has 0 unspecified atom stereocenters. The smallest absolute Gasteiger partial charge is 0.250 e. The van der Waals surface area contributed by atoms with Crippen molar-refractivity contribution in [2.45, 2.75) is 32.6 Å². The summed E-state index contributed by atoms with van der Waals surface area (Å²) < 4.78 is 4.81. The van der Waals surface area contributed by atoms with Crippen molar-refractivity contribution in [3.8, 4) is 0 Å². The van der Waals surface area contributed by atoms with Gasteiger partial charge in [-0.25, -0.2) is 0 Å². The average molecular weight is 290 g/mol. The number of hydrogen-bond donors (Lipinski definition) is 2. The van der Waals surface area contributed by atoms with Crippen LogP contribution in [0.2, 0.25) is 0 Å². The van der Waals surface area contributed by atoms with Crippen molar-refractivity contribution in [1.82, 2.24) is 0 Å². The molecule has 2 rings (SSSR count). The van der Waals surface area contributed by atoms with E-state index in [4.69, 9.17) is 4.74 Å². The molecular weight excluding hydrogens is 264 g/mol. The first-order chi connectivity index (χ1) is 10.2. The van der Waals surface area contributed by atoms with E-state index < -0.39 is 0 Å². The van der Waals surface area contributed by atoms with E-state index in [-0.39, 0.29) is 12.5 Å². The van der Waals surface area contributed by atoms with Crippen molar-refractivity contribution in [3.63, 3.8) is 0 Å². The third-order valence-corrected chi connectivity index (χ3v) is 4.15. The molecule has 1 saturated carbocycles. The molecule has 1 aromatic carbocycles. The molecule has 116 valence electrons. The van der Waals surface area contributed by atoms with Gasteiger partial charge in [-0.2, -0.15) is 0 Å². The minimum Gasteiger partial charge on any atom is -0.385 e. The van der Waals surface area contributed by atoms with Crippen LogP contribution in [0.15, 0.2) is 24.3 Å². The Morgan fingerprint density at radius 3 is 2.67 bits per heavy atom. The largest absolute Gasteiger partial charge is 0.385 e. The summed E-state index contributed by atoms with van der Waals surface area (Å²) >= 11 is 0. The van der Waals surface area contributed by atoms with Gasteiger partial charge in [0.05, 0.1) is 0 Å². The first kappa shape index (κ1) is 15.8. The van der Waals surface area contributed by atoms with Crippen LogP contribution in [-0.4, -0.2) is 26.2 Å². The number of hydrogen-bond acceptors (Lipinski definition) is 3. The van der Waals surface area contributed by atoms with Crippen LogP contribution in [0.1, 0.15) is 32.6 Å². The van der Waals surface area contributed by atoms with Gasteiger partial charge in [0.1, 0.15) is 6.61 Å². The molecule has 0 bridgehead atoms. The van der Waals surface area contributed by atoms with E-state index in [1.54, 1.807) is 0 Å². The van der Waals surface area contributed by atoms with Crippen LogP contribution in [0.3, 0.4) is 0 Å². The molecule has 4 nitrogen and oxygen atoms in total. The number of nitrogens with one attached hydrogen (secondary N) is 2. The maximum atomic E-state index is 11.5. The van der Waals surface area contributed by atoms with Gasteiger partial charge in [-0.15, -0.1) is 0 Å². The van der Waals surface area contributed by atoms with Crippen molar-refractivity contribution in [3.05, 3.63) is 24.3 Å². The molecule has 1 aliphatic rings. The average Bonchev–Trinajstić information content (AvgIpc) is 2.47. The molecule has 0 atom stereocenters. The lowest BCUT2D eigenvalue weighted by Crippen LogP contribution is -2.20. The number of ether oxygens (including phenoxy) is 1. The van der Waals surface area contributed by atoms with Crippen LogP contribution < -0.4 is 10.6 Å². The first-order valence-electron chi connectivity index (χ1n) is 7.80. The molecule has 0 saturated heterocycles. The van der Waals surface area contributed by atoms with E-state index in [1.807, 2.05) is 24.3 Å². The van der Waals surface area contributed by atoms with Crippen LogP contribution in [0.5, 0.6) is 0 Å². The Kier molecular flexibility index (Phi) is 6.05. The van der Waals surface area contributed by atoms with E-state index in [0.717, 1.165) is 29.8 Å². The molecule has 1 aromatic rings. The minimum absolute atomic E-state index is 0.0813. The number of carbonyl (C=O) groups excluding carboxylic acids is 1. The van der Waals surface area contributed by atoms with Gasteiger partial charge >= 0.3 is 0 Å². The van der Waals surface area contributed by atoms with Crippen LogP contribution in [0.25, 0.3) is 0 Å². The highest BCUT2D eigenvalue weighted by atomic mass is 16.5. The molecule has 21 heavy (non-hydrogen) atoms. The summed E-state index contributed by atoms with van der Waals surface area (Å²) in [6.45, 7) is 3.44. The predicted octanol–water partition coefficient (Wildman–Crippen LogP) is 3.51. The summed E-state index contributed by atoms with van der Waals surface area (Å²) in [4.78, 5) is 11.5. The summed E-state index contributed by atoms with van der Waals surface area (Å²) in [7, 11) is 1.52. The van der Waals surface area contributed by atoms with E-state index in [1.165, 1.54) is 32.8 Å². The van der Waals surface area contributed by atoms with Crippen molar-refractivity contribution < 1.29 is 9.53 Å². The van der Waals surface area contributed by atoms with E-state index in [9.17, 15) is 4.79 Å². The highest BCUT2D eigenvalue weighted by Crippen LogP contribution is 2.28. The molecule has 0 heterocycles. The Balaban J connectivity index is 1.82. The van der Waals surface area contributed by atoms with Gasteiger partial charge in [0.2, 0.25) is 5.91 Å². The summed E-state index contributed by atoms with van der Waals surface area (Å²) in [5, 5.41) is 6.32. The second kappa shape index (κ2) is 8.03. The summed E-state index contributed by atoms with van der Waals surface area (Å²) in [6.07, 6.45) is 5.33. The van der Waals surface area contributed by atoms with E-state index in [0.29, 0.717) is 0 Å². The molecule has 0 radical (unpaired) electrons. The molecule has 4 heteroatoms. The zero-order valence-corrected chi connectivity index (χ0v) is 13.0. The van der Waals surface area contributed by atoms with Crippen LogP contribution >= 0.6 is 0 Å². The Morgan fingerprint density at radius 2 is 1.95 bits per heavy atom. The fraction of sp³-hybridized carbons (Fsp3) is 0.588. The molecule has 0 aliphatic heterocycles. The van der Waals surface area contributed by atoms with Crippen molar-refractivity contribution in [1.29, 1.82) is 0 Å². The van der Waals surface area contributed by atoms with Gasteiger partial charge in [-0.05, 0) is 42.9 Å². The maximum absolute atomic E-state index is 11.5. The Morgan fingerprint density at radius 1 is 1.24 bits per heavy atom. The number of rotatable bonds is 6. The maximum Gasteiger partial charge on any atom is 0.250 e. The van der Waals surface area contributed by atoms with Crippen LogP contribution in [0, 0.1) is 11.8 Å². The lowest BCUT2D eigenvalue weighted by molar-refractivity contribution is -0.119. The second-order valence-electron chi connectivity index (χ2n) is 6.07. The molecule has 0 spiro atoms. The fourth-order valence-electron chi connectivity index (χ4n) is 2.83. The summed E-state index contributed by atoms with van der Waals surface area (Å²) in [6, 6.07) is 7.85. The number of methoxy groups -OCH3 is 1. The highest BCUT2D eigenvalue weighted by molar-refractivity contribution is 5.92. The quantitative estimate of drug-likeness (QED) is 0.843. The van der Waals surface area contributed by atoms with E-state index in [2.05, 4.69) is 17.6 Å². The number of benzene rings is 1. The molecule has 1 aliphatic carbocycles. The standard InChI is InChI=1S/C17H26N2O2/c1-13-6-8-14(9-7-13)11-18-15-4-3-5-16(10-15)19-17(20)12-21-2/h3-5,10,13-14,18H,6-9,11-12H2,1-2H3,(H,19,20). The van der Waals surface area contributed by atoms with Crippen molar-refractivity contribution in [2.24, 2.45) is 11.8 Å². The minimum atomic E-state index is -0.129. The predicted molar refractivity (Wildman–Crippen MR) is 86.6 cm³/mol. The lowest BCUT2D eigenvalue weighted by atomic mass is 9.83. The lowest BCUT2D eigenvalue weighted by Gasteiger charge is -2.26. The number of amides is 1. The molecule has 1 amide bonds. The van der Waals surface area contributed by atoms with Gasteiger partial charge in [-0.1, -0.05) is 25.8 Å². The van der Waals surface area contributed by atoms with Gasteiger partial charge in [-0.3, -0.25) is 4.79 Å². The Hall–Kier alpha value is -1.55. The monoisotopic (exact) mass is 290 g/mol. The van der Waals surface area contributed by atoms with Crippen molar-refractivity contribution in [2.75, 3.05) is 30.9 Å².